The van der Waals surface area contributed by atoms with E-state index in [1.54, 1.807) is 0 Å². The van der Waals surface area contributed by atoms with Crippen molar-refractivity contribution in [3.63, 3.8) is 0 Å². The molecule has 0 amide bonds. The minimum Gasteiger partial charge on any atom is -0.0883 e. The number of allylic oxidation sites excluding steroid dienone is 2. The predicted octanol–water partition coefficient (Wildman–Crippen LogP) is 4.56. The van der Waals surface area contributed by atoms with Crippen LogP contribution in [0.4, 0.5) is 0 Å². The number of hydrogen-bond donors (Lipinski definition) is 0. The summed E-state index contributed by atoms with van der Waals surface area (Å²) in [6, 6.07) is 0. The van der Waals surface area contributed by atoms with Gasteiger partial charge in [-0.15, -0.1) is 0 Å². The molecule has 76 valence electrons. The highest BCUT2D eigenvalue weighted by molar-refractivity contribution is 4.92. The molecule has 0 radical (unpaired) electrons. The summed E-state index contributed by atoms with van der Waals surface area (Å²) in [5, 5.41) is 0. The standard InChI is InChI=1S/C13H24/c1-3-7-12(2)10-11-13-8-5-4-6-9-13/h5,8,12-13H,3-4,6-7,9-11H2,1-2H3. The van der Waals surface area contributed by atoms with Gasteiger partial charge in [0.05, 0.1) is 0 Å². The first kappa shape index (κ1) is 10.8. The van der Waals surface area contributed by atoms with E-state index in [2.05, 4.69) is 26.0 Å². The van der Waals surface area contributed by atoms with E-state index in [1.165, 1.54) is 44.9 Å². The Bertz CT molecular complexity index is 146. The van der Waals surface area contributed by atoms with E-state index in [9.17, 15) is 0 Å². The molecule has 1 aliphatic carbocycles. The first-order valence-electron chi connectivity index (χ1n) is 5.99. The van der Waals surface area contributed by atoms with Crippen molar-refractivity contribution in [3.8, 4) is 0 Å². The van der Waals surface area contributed by atoms with Crippen molar-refractivity contribution < 1.29 is 0 Å². The maximum Gasteiger partial charge on any atom is -0.0233 e. The molecule has 0 saturated carbocycles. The third kappa shape index (κ3) is 4.50. The lowest BCUT2D eigenvalue weighted by Crippen LogP contribution is -2.03. The van der Waals surface area contributed by atoms with Gasteiger partial charge in [0.1, 0.15) is 0 Å². The van der Waals surface area contributed by atoms with E-state index in [4.69, 9.17) is 0 Å². The Kier molecular flexibility index (Phi) is 5.19. The van der Waals surface area contributed by atoms with Crippen molar-refractivity contribution in [2.75, 3.05) is 0 Å². The topological polar surface area (TPSA) is 0 Å². The predicted molar refractivity (Wildman–Crippen MR) is 59.8 cm³/mol. The maximum atomic E-state index is 2.45. The zero-order chi connectivity index (χ0) is 9.52. The molecule has 0 aromatic carbocycles. The van der Waals surface area contributed by atoms with Gasteiger partial charge in [-0.05, 0) is 37.5 Å². The molecule has 1 aliphatic rings. The van der Waals surface area contributed by atoms with Crippen LogP contribution in [0.2, 0.25) is 0 Å². The Morgan fingerprint density at radius 1 is 1.38 bits per heavy atom. The minimum absolute atomic E-state index is 0.910. The van der Waals surface area contributed by atoms with Gasteiger partial charge in [0, 0.05) is 0 Å². The van der Waals surface area contributed by atoms with Gasteiger partial charge in [0.25, 0.3) is 0 Å². The van der Waals surface area contributed by atoms with Gasteiger partial charge in [-0.2, -0.15) is 0 Å². The molecular weight excluding hydrogens is 156 g/mol. The van der Waals surface area contributed by atoms with Crippen LogP contribution in [0.3, 0.4) is 0 Å². The second kappa shape index (κ2) is 6.23. The molecule has 1 rings (SSSR count). The highest BCUT2D eigenvalue weighted by Crippen LogP contribution is 2.24. The molecule has 0 nitrogen and oxygen atoms in total. The van der Waals surface area contributed by atoms with Crippen LogP contribution in [0.1, 0.15) is 58.8 Å². The zero-order valence-corrected chi connectivity index (χ0v) is 9.26. The molecule has 0 saturated heterocycles. The Balaban J connectivity index is 2.10. The Hall–Kier alpha value is -0.260. The molecule has 0 aromatic rings. The quantitative estimate of drug-likeness (QED) is 0.544. The third-order valence-corrected chi connectivity index (χ3v) is 3.17. The van der Waals surface area contributed by atoms with E-state index >= 15 is 0 Å². The summed E-state index contributed by atoms with van der Waals surface area (Å²) in [6.45, 7) is 4.69. The van der Waals surface area contributed by atoms with Crippen LogP contribution >= 0.6 is 0 Å². The molecule has 0 bridgehead atoms. The molecule has 0 aliphatic heterocycles. The van der Waals surface area contributed by atoms with Gasteiger partial charge >= 0.3 is 0 Å². The zero-order valence-electron chi connectivity index (χ0n) is 9.26. The first-order valence-corrected chi connectivity index (χ1v) is 5.99. The van der Waals surface area contributed by atoms with Crippen LogP contribution in [0, 0.1) is 11.8 Å². The van der Waals surface area contributed by atoms with Gasteiger partial charge in [-0.1, -0.05) is 45.3 Å². The Morgan fingerprint density at radius 3 is 2.85 bits per heavy atom. The summed E-state index contributed by atoms with van der Waals surface area (Å²) in [4.78, 5) is 0. The number of rotatable bonds is 5. The molecule has 0 N–H and O–H groups in total. The maximum absolute atomic E-state index is 2.45. The van der Waals surface area contributed by atoms with Gasteiger partial charge in [0.15, 0.2) is 0 Å². The van der Waals surface area contributed by atoms with E-state index < -0.39 is 0 Å². The van der Waals surface area contributed by atoms with Crippen molar-refractivity contribution in [3.05, 3.63) is 12.2 Å². The highest BCUT2D eigenvalue weighted by Gasteiger charge is 2.09. The summed E-state index contributed by atoms with van der Waals surface area (Å²) in [7, 11) is 0. The summed E-state index contributed by atoms with van der Waals surface area (Å²) in [5.41, 5.74) is 0. The fraction of sp³-hybridized carbons (Fsp3) is 0.846. The van der Waals surface area contributed by atoms with Gasteiger partial charge in [-0.25, -0.2) is 0 Å². The third-order valence-electron chi connectivity index (χ3n) is 3.17. The molecule has 13 heavy (non-hydrogen) atoms. The highest BCUT2D eigenvalue weighted by atomic mass is 14.2. The van der Waals surface area contributed by atoms with Gasteiger partial charge < -0.3 is 0 Å². The average Bonchev–Trinajstić information content (AvgIpc) is 2.17. The van der Waals surface area contributed by atoms with Crippen LogP contribution < -0.4 is 0 Å². The summed E-state index contributed by atoms with van der Waals surface area (Å²) < 4.78 is 0. The number of hydrogen-bond acceptors (Lipinski definition) is 0. The van der Waals surface area contributed by atoms with Crippen LogP contribution in [0.25, 0.3) is 0 Å². The van der Waals surface area contributed by atoms with Crippen LogP contribution in [-0.2, 0) is 0 Å². The largest absolute Gasteiger partial charge is 0.0883 e. The fourth-order valence-electron chi connectivity index (χ4n) is 2.26. The summed E-state index contributed by atoms with van der Waals surface area (Å²) in [6.07, 6.45) is 14.6. The Morgan fingerprint density at radius 2 is 2.23 bits per heavy atom. The van der Waals surface area contributed by atoms with E-state index in [0.29, 0.717) is 0 Å². The molecule has 0 heterocycles. The minimum atomic E-state index is 0.910. The smallest absolute Gasteiger partial charge is 0.0233 e. The lowest BCUT2D eigenvalue weighted by molar-refractivity contribution is 0.406. The van der Waals surface area contributed by atoms with E-state index in [1.807, 2.05) is 0 Å². The van der Waals surface area contributed by atoms with E-state index in [0.717, 1.165) is 11.8 Å². The first-order chi connectivity index (χ1) is 6.33. The van der Waals surface area contributed by atoms with Gasteiger partial charge in [-0.3, -0.25) is 0 Å². The Labute approximate surface area is 83.4 Å². The molecule has 0 fully saturated rings. The van der Waals surface area contributed by atoms with Gasteiger partial charge in [0.2, 0.25) is 0 Å². The lowest BCUT2D eigenvalue weighted by Gasteiger charge is -2.18. The van der Waals surface area contributed by atoms with E-state index in [-0.39, 0.29) is 0 Å². The van der Waals surface area contributed by atoms with Crippen molar-refractivity contribution in [2.45, 2.75) is 58.8 Å². The summed E-state index contributed by atoms with van der Waals surface area (Å²) >= 11 is 0. The SMILES string of the molecule is CCCC(C)CCC1C=CCCC1. The second-order valence-electron chi connectivity index (χ2n) is 4.59. The van der Waals surface area contributed by atoms with Crippen LogP contribution in [0.5, 0.6) is 0 Å². The second-order valence-corrected chi connectivity index (χ2v) is 4.59. The monoisotopic (exact) mass is 180 g/mol. The average molecular weight is 180 g/mol. The molecule has 0 spiro atoms. The summed E-state index contributed by atoms with van der Waals surface area (Å²) in [5.74, 6) is 1.85. The normalized spacial score (nSPS) is 24.6. The lowest BCUT2D eigenvalue weighted by atomic mass is 9.88. The molecular formula is C13H24. The van der Waals surface area contributed by atoms with Crippen molar-refractivity contribution >= 4 is 0 Å². The fourth-order valence-corrected chi connectivity index (χ4v) is 2.26. The molecule has 2 unspecified atom stereocenters. The molecule has 0 aromatic heterocycles. The molecule has 0 heteroatoms. The van der Waals surface area contributed by atoms with Crippen molar-refractivity contribution in [1.29, 1.82) is 0 Å². The van der Waals surface area contributed by atoms with Crippen molar-refractivity contribution in [2.24, 2.45) is 11.8 Å². The molecule has 2 atom stereocenters. The van der Waals surface area contributed by atoms with Crippen LogP contribution in [0.15, 0.2) is 12.2 Å². The van der Waals surface area contributed by atoms with Crippen molar-refractivity contribution in [1.82, 2.24) is 0 Å². The van der Waals surface area contributed by atoms with Crippen LogP contribution in [-0.4, -0.2) is 0 Å².